The molecule has 9 heteroatoms. The molecule has 0 saturated heterocycles. The molecule has 0 bridgehead atoms. The number of halogens is 3. The molecule has 1 N–H and O–H groups in total. The largest absolute Gasteiger partial charge is 0.463 e. The quantitative estimate of drug-likeness (QED) is 0.422. The van der Waals surface area contributed by atoms with E-state index in [-0.39, 0.29) is 30.6 Å². The van der Waals surface area contributed by atoms with Crippen LogP contribution in [-0.4, -0.2) is 50.9 Å². The smallest absolute Gasteiger partial charge is 0.351 e. The molecule has 0 heterocycles. The van der Waals surface area contributed by atoms with Crippen LogP contribution in [0, 0.1) is 28.6 Å². The third kappa shape index (κ3) is 3.21. The lowest BCUT2D eigenvalue weighted by atomic mass is 9.45. The predicted molar refractivity (Wildman–Crippen MR) is 129 cm³/mol. The summed E-state index contributed by atoms with van der Waals surface area (Å²) in [5.74, 6) is -2.44. The van der Waals surface area contributed by atoms with Gasteiger partial charge in [0.1, 0.15) is 0 Å². The number of esters is 2. The van der Waals surface area contributed by atoms with Crippen molar-refractivity contribution >= 4 is 52.5 Å². The highest BCUT2D eigenvalue weighted by molar-refractivity contribution is 6.53. The number of carbonyl (C=O) groups is 3. The van der Waals surface area contributed by atoms with Crippen LogP contribution >= 0.6 is 34.8 Å². The van der Waals surface area contributed by atoms with Crippen molar-refractivity contribution in [3.8, 4) is 0 Å². The molecule has 0 unspecified atom stereocenters. The fourth-order valence-electron chi connectivity index (χ4n) is 7.67. The van der Waals surface area contributed by atoms with Crippen LogP contribution in [-0.2, 0) is 23.9 Å². The number of carbonyl (C=O) groups excluding carboxylic acids is 3. The first-order valence-corrected chi connectivity index (χ1v) is 13.0. The number of ether oxygens (including phenoxy) is 2. The lowest BCUT2D eigenvalue weighted by Gasteiger charge is -2.63. The number of hydrogen-bond donors (Lipinski definition) is 1. The van der Waals surface area contributed by atoms with Gasteiger partial charge < -0.3 is 14.6 Å². The molecule has 4 rings (SSSR count). The molecule has 0 aliphatic heterocycles. The monoisotopic (exact) mass is 532 g/mol. The maximum Gasteiger partial charge on any atom is 0.351 e. The second-order valence-corrected chi connectivity index (χ2v) is 12.3. The van der Waals surface area contributed by atoms with Crippen molar-refractivity contribution in [3.05, 3.63) is 23.8 Å². The van der Waals surface area contributed by atoms with Crippen LogP contribution in [0.4, 0.5) is 0 Å². The second-order valence-electron chi connectivity index (χ2n) is 10.6. The van der Waals surface area contributed by atoms with E-state index in [9.17, 15) is 19.5 Å². The van der Waals surface area contributed by atoms with E-state index in [1.54, 1.807) is 13.0 Å². The molecule has 6 nitrogen and oxygen atoms in total. The minimum Gasteiger partial charge on any atom is -0.463 e. The summed E-state index contributed by atoms with van der Waals surface area (Å²) < 4.78 is 11.3. The summed E-state index contributed by atoms with van der Waals surface area (Å²) in [4.78, 5) is 35.7. The van der Waals surface area contributed by atoms with Gasteiger partial charge in [0.15, 0.2) is 5.78 Å². The van der Waals surface area contributed by atoms with Gasteiger partial charge in [0.2, 0.25) is 10.4 Å². The van der Waals surface area contributed by atoms with Crippen LogP contribution in [0.5, 0.6) is 0 Å². The van der Waals surface area contributed by atoms with Crippen molar-refractivity contribution in [1.82, 2.24) is 0 Å². The van der Waals surface area contributed by atoms with Crippen molar-refractivity contribution in [2.45, 2.75) is 74.8 Å². The maximum atomic E-state index is 13.5. The molecule has 0 radical (unpaired) electrons. The van der Waals surface area contributed by atoms with Gasteiger partial charge in [-0.25, -0.2) is 9.59 Å². The minimum atomic E-state index is -1.67. The molecule has 8 atom stereocenters. The summed E-state index contributed by atoms with van der Waals surface area (Å²) in [6, 6.07) is 0. The van der Waals surface area contributed by atoms with E-state index in [0.29, 0.717) is 19.3 Å². The first-order valence-electron chi connectivity index (χ1n) is 11.8. The molecule has 4 aliphatic rings. The van der Waals surface area contributed by atoms with Gasteiger partial charge >= 0.3 is 11.9 Å². The molecular weight excluding hydrogens is 503 g/mol. The summed E-state index contributed by atoms with van der Waals surface area (Å²) in [5, 5.41) is 11.7. The second kappa shape index (κ2) is 8.50. The van der Waals surface area contributed by atoms with E-state index < -0.39 is 50.1 Å². The molecule has 188 valence electrons. The van der Waals surface area contributed by atoms with E-state index >= 15 is 0 Å². The summed E-state index contributed by atoms with van der Waals surface area (Å²) >= 11 is 19.1. The Hall–Kier alpha value is -1.08. The summed E-state index contributed by atoms with van der Waals surface area (Å²) in [5.41, 5.74) is -2.44. The van der Waals surface area contributed by atoms with Crippen LogP contribution in [0.25, 0.3) is 0 Å². The number of aliphatic hydroxyl groups is 1. The summed E-state index contributed by atoms with van der Waals surface area (Å²) in [7, 11) is 0. The molecule has 0 aromatic heterocycles. The van der Waals surface area contributed by atoms with Crippen molar-refractivity contribution in [3.63, 3.8) is 0 Å². The maximum absolute atomic E-state index is 13.5. The fourth-order valence-corrected chi connectivity index (χ4v) is 8.28. The van der Waals surface area contributed by atoms with Gasteiger partial charge in [-0.1, -0.05) is 55.6 Å². The Labute approximate surface area is 215 Å². The number of rotatable bonds is 4. The molecule has 4 aliphatic carbocycles. The minimum absolute atomic E-state index is 0.0826. The first kappa shape index (κ1) is 26.0. The Morgan fingerprint density at radius 3 is 2.56 bits per heavy atom. The zero-order chi connectivity index (χ0) is 25.3. The van der Waals surface area contributed by atoms with E-state index in [1.807, 2.05) is 26.8 Å². The normalized spacial score (nSPS) is 45.2. The highest BCUT2D eigenvalue weighted by Crippen LogP contribution is 2.72. The average Bonchev–Trinajstić information content (AvgIpc) is 2.97. The van der Waals surface area contributed by atoms with Crippen LogP contribution < -0.4 is 0 Å². The van der Waals surface area contributed by atoms with Gasteiger partial charge in [-0.15, -0.1) is 11.6 Å². The van der Waals surface area contributed by atoms with Crippen molar-refractivity contribution < 1.29 is 29.0 Å². The lowest BCUT2D eigenvalue weighted by molar-refractivity contribution is -0.215. The van der Waals surface area contributed by atoms with Crippen molar-refractivity contribution in [2.24, 2.45) is 28.6 Å². The number of alkyl halides is 3. The molecule has 0 spiro atoms. The van der Waals surface area contributed by atoms with E-state index in [1.165, 1.54) is 6.08 Å². The van der Waals surface area contributed by atoms with Crippen LogP contribution in [0.1, 0.15) is 53.4 Å². The first-order chi connectivity index (χ1) is 15.8. The number of fused-ring (bicyclic) bond motifs is 5. The Morgan fingerprint density at radius 2 is 1.94 bits per heavy atom. The van der Waals surface area contributed by atoms with Crippen LogP contribution in [0.15, 0.2) is 23.8 Å². The summed E-state index contributed by atoms with van der Waals surface area (Å²) in [6.45, 7) is 7.48. The third-order valence-corrected chi connectivity index (χ3v) is 10.5. The summed E-state index contributed by atoms with van der Waals surface area (Å²) in [6.07, 6.45) is 5.85. The lowest BCUT2D eigenvalue weighted by Crippen LogP contribution is -2.69. The topological polar surface area (TPSA) is 89.9 Å². The number of ketones is 1. The number of aliphatic hydroxyl groups excluding tert-OH is 1. The number of allylic oxidation sites excluding steroid dienone is 4. The molecule has 0 amide bonds. The van der Waals surface area contributed by atoms with Gasteiger partial charge in [-0.3, -0.25) is 4.79 Å². The van der Waals surface area contributed by atoms with E-state index in [4.69, 9.17) is 44.3 Å². The average molecular weight is 534 g/mol. The van der Waals surface area contributed by atoms with Gasteiger partial charge in [-0.2, -0.15) is 0 Å². The van der Waals surface area contributed by atoms with Crippen molar-refractivity contribution in [1.29, 1.82) is 0 Å². The Bertz CT molecular complexity index is 978. The van der Waals surface area contributed by atoms with Gasteiger partial charge in [0, 0.05) is 16.7 Å². The van der Waals surface area contributed by atoms with Crippen LogP contribution in [0.2, 0.25) is 0 Å². The van der Waals surface area contributed by atoms with Gasteiger partial charge in [0.25, 0.3) is 0 Å². The molecule has 0 aromatic rings. The van der Waals surface area contributed by atoms with E-state index in [2.05, 4.69) is 0 Å². The van der Waals surface area contributed by atoms with Gasteiger partial charge in [0.05, 0.1) is 17.6 Å². The standard InChI is InChI=1S/C25H31Cl3O6/c1-5-33-21(32)25(34-20(31)19(26)27)13(2)10-17-16-7-6-14-11-15(29)8-9-22(14,3)24(16,28)18(30)12-23(17,25)4/h8-9,11,13,16-19,30H,5-7,10,12H2,1-4H3/t13-,16+,17+,18+,22+,23+,24+,25+/m1/s1. The Kier molecular flexibility index (Phi) is 6.50. The highest BCUT2D eigenvalue weighted by Gasteiger charge is 2.77. The zero-order valence-electron chi connectivity index (χ0n) is 19.8. The van der Waals surface area contributed by atoms with Crippen molar-refractivity contribution in [2.75, 3.05) is 6.61 Å². The van der Waals surface area contributed by atoms with E-state index in [0.717, 1.165) is 5.57 Å². The zero-order valence-corrected chi connectivity index (χ0v) is 22.0. The SMILES string of the molecule is CCOC(=O)[C@@]1(OC(=O)C(Cl)Cl)[C@H](C)C[C@H]2[C@@H]3CCC4=CC(=O)C=C[C@]4(C)[C@@]3(Cl)[C@@H](O)C[C@@]21C. The van der Waals surface area contributed by atoms with Crippen LogP contribution in [0.3, 0.4) is 0 Å². The molecule has 0 aromatic carbocycles. The molecule has 3 fully saturated rings. The third-order valence-electron chi connectivity index (χ3n) is 9.20. The molecule has 3 saturated carbocycles. The highest BCUT2D eigenvalue weighted by atomic mass is 35.5. The predicted octanol–water partition coefficient (Wildman–Crippen LogP) is 4.52. The molecule has 34 heavy (non-hydrogen) atoms. The molecular formula is C25H31Cl3O6. The van der Waals surface area contributed by atoms with Gasteiger partial charge in [-0.05, 0) is 56.6 Å². The number of hydrogen-bond acceptors (Lipinski definition) is 6. The fraction of sp³-hybridized carbons (Fsp3) is 0.720. The Morgan fingerprint density at radius 1 is 1.26 bits per heavy atom. The Balaban J connectivity index is 1.84.